The van der Waals surface area contributed by atoms with E-state index in [2.05, 4.69) is 22.0 Å². The number of esters is 1. The van der Waals surface area contributed by atoms with Gasteiger partial charge in [-0.1, -0.05) is 6.08 Å². The molecule has 2 aliphatic heterocycles. The number of halogens is 1. The number of thioether (sulfide) groups is 1. The van der Waals surface area contributed by atoms with E-state index in [1.54, 1.807) is 11.8 Å². The standard InChI is InChI=1S/C27H33FN2O3S/c1-27(2,3)26(31)33-20-8-9-23-22(6-4-15-34-24(23)16-20)19-7-10-25(29-17-19)32-21-11-14-30(18-21)13-5-12-28/h6-10,16-17,21H,4-5,11-15,18H2,1-3H3. The Balaban J connectivity index is 1.45. The van der Waals surface area contributed by atoms with Crippen LogP contribution in [0.3, 0.4) is 0 Å². The van der Waals surface area contributed by atoms with Crippen LogP contribution >= 0.6 is 11.8 Å². The molecule has 2 aromatic rings. The Hall–Kier alpha value is -2.38. The predicted molar refractivity (Wildman–Crippen MR) is 134 cm³/mol. The Morgan fingerprint density at radius 2 is 2.12 bits per heavy atom. The van der Waals surface area contributed by atoms with Crippen LogP contribution in [0.15, 0.2) is 47.5 Å². The van der Waals surface area contributed by atoms with Crippen LogP contribution in [0.5, 0.6) is 11.6 Å². The van der Waals surface area contributed by atoms with Crippen molar-refractivity contribution in [1.82, 2.24) is 9.88 Å². The minimum Gasteiger partial charge on any atom is -0.473 e. The number of likely N-dealkylation sites (tertiary alicyclic amines) is 1. The molecule has 4 rings (SSSR count). The van der Waals surface area contributed by atoms with Crippen LogP contribution < -0.4 is 9.47 Å². The van der Waals surface area contributed by atoms with Gasteiger partial charge in [0.2, 0.25) is 5.88 Å². The molecule has 1 unspecified atom stereocenters. The molecule has 3 heterocycles. The number of fused-ring (bicyclic) bond motifs is 1. The third-order valence-corrected chi connectivity index (χ3v) is 7.05. The molecule has 0 amide bonds. The number of carbonyl (C=O) groups is 1. The average molecular weight is 485 g/mol. The van der Waals surface area contributed by atoms with Gasteiger partial charge in [-0.2, -0.15) is 0 Å². The Labute approximate surface area is 205 Å². The molecule has 1 atom stereocenters. The Morgan fingerprint density at radius 1 is 1.26 bits per heavy atom. The Morgan fingerprint density at radius 3 is 2.85 bits per heavy atom. The van der Waals surface area contributed by atoms with E-state index in [1.807, 2.05) is 51.2 Å². The summed E-state index contributed by atoms with van der Waals surface area (Å²) in [5.74, 6) is 1.91. The van der Waals surface area contributed by atoms with Crippen molar-refractivity contribution < 1.29 is 18.7 Å². The van der Waals surface area contributed by atoms with Gasteiger partial charge in [0, 0.05) is 48.1 Å². The van der Waals surface area contributed by atoms with Gasteiger partial charge in [-0.15, -0.1) is 11.8 Å². The van der Waals surface area contributed by atoms with Gasteiger partial charge in [-0.05, 0) is 75.4 Å². The lowest BCUT2D eigenvalue weighted by atomic mass is 9.97. The SMILES string of the molecule is CC(C)(C)C(=O)Oc1ccc2c(c1)SCCC=C2c1ccc(OC2CCN(CCCF)C2)nc1. The molecule has 5 nitrogen and oxygen atoms in total. The van der Waals surface area contributed by atoms with Gasteiger partial charge in [0.05, 0.1) is 12.1 Å². The smallest absolute Gasteiger partial charge is 0.316 e. The van der Waals surface area contributed by atoms with E-state index in [0.29, 0.717) is 18.1 Å². The summed E-state index contributed by atoms with van der Waals surface area (Å²) in [6.07, 6.45) is 6.67. The lowest BCUT2D eigenvalue weighted by Gasteiger charge is -2.18. The number of nitrogens with zero attached hydrogens (tertiary/aromatic N) is 2. The van der Waals surface area contributed by atoms with Gasteiger partial charge in [-0.25, -0.2) is 4.98 Å². The molecule has 0 bridgehead atoms. The van der Waals surface area contributed by atoms with E-state index in [0.717, 1.165) is 59.8 Å². The fourth-order valence-corrected chi connectivity index (χ4v) is 5.07. The molecule has 0 N–H and O–H groups in total. The predicted octanol–water partition coefficient (Wildman–Crippen LogP) is 5.77. The van der Waals surface area contributed by atoms with Crippen molar-refractivity contribution in [1.29, 1.82) is 0 Å². The summed E-state index contributed by atoms with van der Waals surface area (Å²) in [6, 6.07) is 9.83. The number of ether oxygens (including phenoxy) is 2. The number of pyridine rings is 1. The Kier molecular flexibility index (Phi) is 7.94. The first kappa shape index (κ1) is 24.7. The molecule has 0 aliphatic carbocycles. The maximum atomic E-state index is 12.4. The quantitative estimate of drug-likeness (QED) is 0.367. The zero-order valence-corrected chi connectivity index (χ0v) is 21.0. The molecule has 1 aromatic carbocycles. The molecule has 2 aliphatic rings. The number of hydrogen-bond donors (Lipinski definition) is 0. The lowest BCUT2D eigenvalue weighted by molar-refractivity contribution is -0.143. The highest BCUT2D eigenvalue weighted by Gasteiger charge is 2.25. The van der Waals surface area contributed by atoms with Crippen molar-refractivity contribution in [3.8, 4) is 11.6 Å². The maximum Gasteiger partial charge on any atom is 0.316 e. The second kappa shape index (κ2) is 10.9. The molecule has 1 saturated heterocycles. The van der Waals surface area contributed by atoms with Gasteiger partial charge in [0.1, 0.15) is 11.9 Å². The van der Waals surface area contributed by atoms with Crippen LogP contribution in [0, 0.1) is 5.41 Å². The molecule has 0 spiro atoms. The molecule has 34 heavy (non-hydrogen) atoms. The first-order chi connectivity index (χ1) is 16.3. The summed E-state index contributed by atoms with van der Waals surface area (Å²) in [4.78, 5) is 20.2. The summed E-state index contributed by atoms with van der Waals surface area (Å²) in [7, 11) is 0. The highest BCUT2D eigenvalue weighted by atomic mass is 32.2. The average Bonchev–Trinajstić information content (AvgIpc) is 3.14. The van der Waals surface area contributed by atoms with Crippen molar-refractivity contribution in [2.45, 2.75) is 51.0 Å². The number of benzene rings is 1. The highest BCUT2D eigenvalue weighted by Crippen LogP contribution is 2.38. The molecular formula is C27H33FN2O3S. The van der Waals surface area contributed by atoms with Crippen molar-refractivity contribution in [2.24, 2.45) is 5.41 Å². The van der Waals surface area contributed by atoms with Crippen LogP contribution in [-0.2, 0) is 4.79 Å². The van der Waals surface area contributed by atoms with Crippen molar-refractivity contribution in [3.63, 3.8) is 0 Å². The van der Waals surface area contributed by atoms with Crippen LogP contribution in [0.1, 0.15) is 51.2 Å². The number of hydrogen-bond acceptors (Lipinski definition) is 6. The van der Waals surface area contributed by atoms with Crippen LogP contribution in [0.4, 0.5) is 4.39 Å². The first-order valence-corrected chi connectivity index (χ1v) is 12.9. The largest absolute Gasteiger partial charge is 0.473 e. The first-order valence-electron chi connectivity index (χ1n) is 11.9. The van der Waals surface area contributed by atoms with Gasteiger partial charge in [0.25, 0.3) is 0 Å². The summed E-state index contributed by atoms with van der Waals surface area (Å²) in [5.41, 5.74) is 2.73. The van der Waals surface area contributed by atoms with Gasteiger partial charge >= 0.3 is 5.97 Å². The number of carbonyl (C=O) groups excluding carboxylic acids is 1. The fraction of sp³-hybridized carbons (Fsp3) is 0.481. The molecule has 1 fully saturated rings. The molecular weight excluding hydrogens is 451 g/mol. The van der Waals surface area contributed by atoms with Crippen LogP contribution in [0.2, 0.25) is 0 Å². The molecule has 1 aromatic heterocycles. The summed E-state index contributed by atoms with van der Waals surface area (Å²) in [5, 5.41) is 0. The monoisotopic (exact) mass is 484 g/mol. The normalized spacial score (nSPS) is 18.7. The maximum absolute atomic E-state index is 12.4. The summed E-state index contributed by atoms with van der Waals surface area (Å²) < 4.78 is 24.1. The summed E-state index contributed by atoms with van der Waals surface area (Å²) >= 11 is 1.77. The number of rotatable bonds is 7. The van der Waals surface area contributed by atoms with Crippen molar-refractivity contribution in [2.75, 3.05) is 32.1 Å². The molecule has 0 saturated carbocycles. The fourth-order valence-electron chi connectivity index (χ4n) is 4.08. The highest BCUT2D eigenvalue weighted by molar-refractivity contribution is 7.99. The van der Waals surface area contributed by atoms with Gasteiger partial charge in [-0.3, -0.25) is 14.1 Å². The molecule has 182 valence electrons. The third-order valence-electron chi connectivity index (χ3n) is 5.96. The topological polar surface area (TPSA) is 51.7 Å². The van der Waals surface area contributed by atoms with E-state index in [-0.39, 0.29) is 18.7 Å². The zero-order valence-electron chi connectivity index (χ0n) is 20.2. The number of aromatic nitrogens is 1. The van der Waals surface area contributed by atoms with E-state index in [4.69, 9.17) is 9.47 Å². The van der Waals surface area contributed by atoms with E-state index < -0.39 is 5.41 Å². The van der Waals surface area contributed by atoms with Gasteiger partial charge in [0.15, 0.2) is 0 Å². The van der Waals surface area contributed by atoms with E-state index in [1.165, 1.54) is 0 Å². The molecule has 0 radical (unpaired) electrons. The number of alkyl halides is 1. The van der Waals surface area contributed by atoms with Crippen molar-refractivity contribution in [3.05, 3.63) is 53.7 Å². The summed E-state index contributed by atoms with van der Waals surface area (Å²) in [6.45, 7) is 7.83. The third kappa shape index (κ3) is 6.19. The van der Waals surface area contributed by atoms with Crippen LogP contribution in [0.25, 0.3) is 5.57 Å². The minimum atomic E-state index is -0.550. The van der Waals surface area contributed by atoms with E-state index >= 15 is 0 Å². The minimum absolute atomic E-state index is 0.0985. The Bertz CT molecular complexity index is 1030. The second-order valence-corrected chi connectivity index (χ2v) is 10.9. The lowest BCUT2D eigenvalue weighted by Crippen LogP contribution is -2.26. The number of allylic oxidation sites excluding steroid dienone is 1. The zero-order chi connectivity index (χ0) is 24.1. The van der Waals surface area contributed by atoms with Crippen molar-refractivity contribution >= 4 is 23.3 Å². The van der Waals surface area contributed by atoms with Crippen LogP contribution in [-0.4, -0.2) is 54.0 Å². The van der Waals surface area contributed by atoms with E-state index in [9.17, 15) is 9.18 Å². The molecule has 7 heteroatoms. The van der Waals surface area contributed by atoms with Gasteiger partial charge < -0.3 is 9.47 Å². The second-order valence-electron chi connectivity index (χ2n) is 9.81.